The molecule has 0 aromatic heterocycles. The van der Waals surface area contributed by atoms with Crippen LogP contribution < -0.4 is 14.5 Å². The van der Waals surface area contributed by atoms with Crippen molar-refractivity contribution in [3.63, 3.8) is 0 Å². The molecule has 0 spiro atoms. The standard InChI is InChI=1S/C27H25N3O7/c1-15-4-3-5-21-24(15)26(33)29(25(21)32)22-11-10-20(12-16(22)2)37-27(34)17-13-23(31)28(14-17)18-6-8-19(9-7-18)30(35)36/h3-4,6-12,15,17,21,24H,5,13-14H2,1-2H3/t15-,17+,21+,24-/m0/s1. The highest BCUT2D eigenvalue weighted by molar-refractivity contribution is 6.22. The van der Waals surface area contributed by atoms with E-state index in [4.69, 9.17) is 4.74 Å². The fourth-order valence-corrected chi connectivity index (χ4v) is 5.40. The van der Waals surface area contributed by atoms with Gasteiger partial charge in [0.2, 0.25) is 17.7 Å². The first-order valence-corrected chi connectivity index (χ1v) is 12.1. The Morgan fingerprint density at radius 2 is 1.81 bits per heavy atom. The van der Waals surface area contributed by atoms with E-state index >= 15 is 0 Å². The van der Waals surface area contributed by atoms with Crippen molar-refractivity contribution >= 4 is 40.8 Å². The Morgan fingerprint density at radius 3 is 2.46 bits per heavy atom. The number of rotatable bonds is 5. The quantitative estimate of drug-likeness (QED) is 0.152. The van der Waals surface area contributed by atoms with Crippen molar-refractivity contribution in [1.82, 2.24) is 0 Å². The first kappa shape index (κ1) is 24.4. The van der Waals surface area contributed by atoms with E-state index in [0.717, 1.165) is 0 Å². The van der Waals surface area contributed by atoms with Crippen LogP contribution in [0.1, 0.15) is 25.3 Å². The zero-order chi connectivity index (χ0) is 26.4. The van der Waals surface area contributed by atoms with Crippen molar-refractivity contribution in [2.75, 3.05) is 16.3 Å². The van der Waals surface area contributed by atoms with Gasteiger partial charge in [0.05, 0.1) is 28.4 Å². The molecule has 10 nitrogen and oxygen atoms in total. The summed E-state index contributed by atoms with van der Waals surface area (Å²) in [7, 11) is 0. The second kappa shape index (κ2) is 9.27. The molecule has 0 bridgehead atoms. The van der Waals surface area contributed by atoms with Gasteiger partial charge in [-0.2, -0.15) is 0 Å². The van der Waals surface area contributed by atoms with Gasteiger partial charge in [-0.1, -0.05) is 19.1 Å². The molecular weight excluding hydrogens is 478 g/mol. The van der Waals surface area contributed by atoms with E-state index in [1.165, 1.54) is 40.1 Å². The highest BCUT2D eigenvalue weighted by Gasteiger charge is 2.50. The Balaban J connectivity index is 1.27. The van der Waals surface area contributed by atoms with Crippen LogP contribution in [0.25, 0.3) is 0 Å². The summed E-state index contributed by atoms with van der Waals surface area (Å²) in [5, 5.41) is 10.9. The number of nitro benzene ring substituents is 1. The first-order chi connectivity index (χ1) is 17.7. The summed E-state index contributed by atoms with van der Waals surface area (Å²) in [5.74, 6) is -2.48. The monoisotopic (exact) mass is 503 g/mol. The Hall–Kier alpha value is -4.34. The molecule has 0 unspecified atom stereocenters. The number of carbonyl (C=O) groups excluding carboxylic acids is 4. The van der Waals surface area contributed by atoms with Crippen molar-refractivity contribution in [2.45, 2.75) is 26.7 Å². The lowest BCUT2D eigenvalue weighted by Gasteiger charge is -2.22. The fourth-order valence-electron chi connectivity index (χ4n) is 5.40. The highest BCUT2D eigenvalue weighted by atomic mass is 16.6. The number of esters is 1. The number of hydrogen-bond acceptors (Lipinski definition) is 7. The Labute approximate surface area is 212 Å². The molecule has 37 heavy (non-hydrogen) atoms. The minimum atomic E-state index is -0.707. The molecule has 2 aromatic rings. The number of hydrogen-bond donors (Lipinski definition) is 0. The van der Waals surface area contributed by atoms with Crippen molar-refractivity contribution < 1.29 is 28.8 Å². The number of ether oxygens (including phenoxy) is 1. The largest absolute Gasteiger partial charge is 0.426 e. The number of fused-ring (bicyclic) bond motifs is 1. The van der Waals surface area contributed by atoms with Crippen molar-refractivity contribution in [1.29, 1.82) is 0 Å². The number of imide groups is 1. The maximum atomic E-state index is 13.1. The van der Waals surface area contributed by atoms with Crippen molar-refractivity contribution in [3.8, 4) is 5.75 Å². The molecule has 5 rings (SSSR count). The van der Waals surface area contributed by atoms with E-state index in [1.54, 1.807) is 19.1 Å². The third kappa shape index (κ3) is 4.28. The van der Waals surface area contributed by atoms with Crippen LogP contribution in [0.5, 0.6) is 5.75 Å². The summed E-state index contributed by atoms with van der Waals surface area (Å²) >= 11 is 0. The molecular formula is C27H25N3O7. The molecule has 3 amide bonds. The predicted octanol–water partition coefficient (Wildman–Crippen LogP) is 3.56. The highest BCUT2D eigenvalue weighted by Crippen LogP contribution is 2.41. The average Bonchev–Trinajstić information content (AvgIpc) is 3.37. The van der Waals surface area contributed by atoms with Gasteiger partial charge in [0.15, 0.2) is 0 Å². The van der Waals surface area contributed by atoms with Crippen molar-refractivity contribution in [3.05, 3.63) is 70.3 Å². The van der Waals surface area contributed by atoms with Crippen LogP contribution >= 0.6 is 0 Å². The number of nitro groups is 1. The van der Waals surface area contributed by atoms with Crippen LogP contribution in [0.4, 0.5) is 17.1 Å². The maximum absolute atomic E-state index is 13.1. The average molecular weight is 504 g/mol. The maximum Gasteiger partial charge on any atom is 0.316 e. The van der Waals surface area contributed by atoms with E-state index in [9.17, 15) is 29.3 Å². The van der Waals surface area contributed by atoms with Crippen LogP contribution in [0.3, 0.4) is 0 Å². The lowest BCUT2D eigenvalue weighted by Crippen LogP contribution is -2.32. The van der Waals surface area contributed by atoms with Gasteiger partial charge in [0, 0.05) is 30.8 Å². The number of aryl methyl sites for hydroxylation is 1. The lowest BCUT2D eigenvalue weighted by molar-refractivity contribution is -0.384. The molecule has 1 aliphatic carbocycles. The SMILES string of the molecule is Cc1cc(OC(=O)[C@@H]2CC(=O)N(c3ccc([N+](=O)[O-])cc3)C2)ccc1N1C(=O)[C@H]2[C@@H](C)C=CC[C@H]2C1=O. The van der Waals surface area contributed by atoms with E-state index < -0.39 is 16.8 Å². The summed E-state index contributed by atoms with van der Waals surface area (Å²) in [5.41, 5.74) is 1.46. The zero-order valence-corrected chi connectivity index (χ0v) is 20.3. The molecule has 4 atom stereocenters. The third-order valence-corrected chi connectivity index (χ3v) is 7.33. The van der Waals surface area contributed by atoms with Gasteiger partial charge in [-0.3, -0.25) is 29.3 Å². The van der Waals surface area contributed by atoms with E-state index in [0.29, 0.717) is 23.4 Å². The van der Waals surface area contributed by atoms with E-state index in [2.05, 4.69) is 0 Å². The minimum absolute atomic E-state index is 0.0135. The molecule has 2 fully saturated rings. The molecule has 2 aliphatic heterocycles. The van der Waals surface area contributed by atoms with Gasteiger partial charge >= 0.3 is 5.97 Å². The van der Waals surface area contributed by atoms with Gasteiger partial charge in [-0.15, -0.1) is 0 Å². The Kier molecular flexibility index (Phi) is 6.10. The second-order valence-corrected chi connectivity index (χ2v) is 9.72. The second-order valence-electron chi connectivity index (χ2n) is 9.72. The number of nitrogens with zero attached hydrogens (tertiary/aromatic N) is 3. The zero-order valence-electron chi connectivity index (χ0n) is 20.3. The Bertz CT molecular complexity index is 1350. The third-order valence-electron chi connectivity index (χ3n) is 7.33. The van der Waals surface area contributed by atoms with Crippen LogP contribution in [-0.2, 0) is 19.2 Å². The number of non-ortho nitro benzene ring substituents is 1. The molecule has 0 N–H and O–H groups in total. The van der Waals surface area contributed by atoms with Crippen LogP contribution in [0.2, 0.25) is 0 Å². The van der Waals surface area contributed by atoms with Crippen LogP contribution in [0, 0.1) is 40.7 Å². The smallest absolute Gasteiger partial charge is 0.316 e. The fraction of sp³-hybridized carbons (Fsp3) is 0.333. The predicted molar refractivity (Wildman–Crippen MR) is 133 cm³/mol. The van der Waals surface area contributed by atoms with Gasteiger partial charge in [-0.25, -0.2) is 4.90 Å². The summed E-state index contributed by atoms with van der Waals surface area (Å²) in [6.45, 7) is 3.78. The van der Waals surface area contributed by atoms with Gasteiger partial charge < -0.3 is 9.64 Å². The van der Waals surface area contributed by atoms with Crippen LogP contribution in [0.15, 0.2) is 54.6 Å². The molecule has 0 saturated carbocycles. The normalized spacial score (nSPS) is 25.0. The van der Waals surface area contributed by atoms with Crippen LogP contribution in [-0.4, -0.2) is 35.2 Å². The number of benzene rings is 2. The summed E-state index contributed by atoms with van der Waals surface area (Å²) in [6.07, 6.45) is 4.43. The summed E-state index contributed by atoms with van der Waals surface area (Å²) < 4.78 is 5.54. The number of amides is 3. The van der Waals surface area contributed by atoms with Gasteiger partial charge in [0.25, 0.3) is 5.69 Å². The number of allylic oxidation sites excluding steroid dienone is 2. The van der Waals surface area contributed by atoms with Gasteiger partial charge in [0.1, 0.15) is 5.75 Å². The number of anilines is 2. The van der Waals surface area contributed by atoms with E-state index in [1.807, 2.05) is 19.1 Å². The number of carbonyl (C=O) groups is 4. The lowest BCUT2D eigenvalue weighted by atomic mass is 9.78. The molecule has 2 saturated heterocycles. The van der Waals surface area contributed by atoms with Gasteiger partial charge in [-0.05, 0) is 55.2 Å². The summed E-state index contributed by atoms with van der Waals surface area (Å²) in [6, 6.07) is 10.3. The molecule has 3 aliphatic rings. The molecule has 190 valence electrons. The Morgan fingerprint density at radius 1 is 1.08 bits per heavy atom. The topological polar surface area (TPSA) is 127 Å². The molecule has 2 aromatic carbocycles. The molecule has 2 heterocycles. The molecule has 0 radical (unpaired) electrons. The van der Waals surface area contributed by atoms with Crippen molar-refractivity contribution in [2.24, 2.45) is 23.7 Å². The van der Waals surface area contributed by atoms with E-state index in [-0.39, 0.29) is 59.9 Å². The molecule has 10 heteroatoms. The minimum Gasteiger partial charge on any atom is -0.426 e. The first-order valence-electron chi connectivity index (χ1n) is 12.1. The summed E-state index contributed by atoms with van der Waals surface area (Å²) in [4.78, 5) is 64.5.